The number of piperazine rings is 1. The molecule has 4 rings (SSSR count). The largest absolute Gasteiger partial charge is 0.477 e. The van der Waals surface area contributed by atoms with Crippen LogP contribution >= 0.6 is 0 Å². The molecule has 2 aromatic carbocycles. The molecule has 36 heavy (non-hydrogen) atoms. The summed E-state index contributed by atoms with van der Waals surface area (Å²) in [6, 6.07) is 5.02. The van der Waals surface area contributed by atoms with Crippen molar-refractivity contribution in [2.75, 3.05) is 24.5 Å². The highest BCUT2D eigenvalue weighted by Gasteiger charge is 2.29. The van der Waals surface area contributed by atoms with Gasteiger partial charge in [0.25, 0.3) is 17.1 Å². The molecule has 186 valence electrons. The molecule has 1 atom stereocenters. The number of non-ortho nitro benzene ring substituents is 1. The number of nitro benzene ring substituents is 3. The van der Waals surface area contributed by atoms with E-state index < -0.39 is 48.8 Å². The minimum atomic E-state index is -1.65. The number of nitro groups is 3. The Balaban J connectivity index is 2.12. The summed E-state index contributed by atoms with van der Waals surface area (Å²) in [5.74, 6) is -1.65. The summed E-state index contributed by atoms with van der Waals surface area (Å²) in [5.41, 5.74) is -3.67. The average Bonchev–Trinajstić information content (AvgIpc) is 2.83. The SMILES string of the molecule is C[C@@H]1CN(c2cc3c(cc2[N+](=O)[O-])c(=O)c(C(=O)O)cn3-c2ccc([N+](=O)[O-])cc2[N+](=O)[O-])CCN1. The van der Waals surface area contributed by atoms with Crippen molar-refractivity contribution in [3.8, 4) is 5.69 Å². The number of anilines is 1. The van der Waals surface area contributed by atoms with Crippen LogP contribution in [0.3, 0.4) is 0 Å². The first-order chi connectivity index (χ1) is 17.0. The standard InChI is InChI=1S/C21H18N6O9/c1-11-9-23(5-4-22-11)17-8-16-13(7-19(17)27(35)36)20(28)14(21(29)30)10-24(16)15-3-2-12(25(31)32)6-18(15)26(33)34/h2-3,6-8,10-11,22H,4-5,9H2,1H3,(H,29,30)/t11-/m1/s1. The van der Waals surface area contributed by atoms with E-state index in [-0.39, 0.29) is 28.3 Å². The number of benzene rings is 2. The number of carbonyl (C=O) groups is 1. The van der Waals surface area contributed by atoms with Crippen LogP contribution in [0.5, 0.6) is 0 Å². The fraction of sp³-hybridized carbons (Fsp3) is 0.238. The Kier molecular flexibility index (Phi) is 6.07. The molecule has 0 amide bonds. The van der Waals surface area contributed by atoms with Crippen LogP contribution in [-0.2, 0) is 0 Å². The zero-order chi connectivity index (χ0) is 26.3. The molecule has 1 aliphatic heterocycles. The van der Waals surface area contributed by atoms with Gasteiger partial charge in [-0.1, -0.05) is 0 Å². The van der Waals surface area contributed by atoms with E-state index in [9.17, 15) is 45.0 Å². The first kappa shape index (κ1) is 24.2. The number of hydrogen-bond donors (Lipinski definition) is 2. The Hall–Kier alpha value is -4.92. The van der Waals surface area contributed by atoms with Crippen LogP contribution in [0.4, 0.5) is 22.7 Å². The molecule has 2 heterocycles. The van der Waals surface area contributed by atoms with Crippen molar-refractivity contribution in [3.63, 3.8) is 0 Å². The van der Waals surface area contributed by atoms with Gasteiger partial charge in [-0.05, 0) is 19.1 Å². The minimum absolute atomic E-state index is 0.0126. The lowest BCUT2D eigenvalue weighted by atomic mass is 10.1. The van der Waals surface area contributed by atoms with Crippen LogP contribution in [0, 0.1) is 30.3 Å². The van der Waals surface area contributed by atoms with Crippen LogP contribution < -0.4 is 15.6 Å². The summed E-state index contributed by atoms with van der Waals surface area (Å²) >= 11 is 0. The van der Waals surface area contributed by atoms with Gasteiger partial charge in [0.15, 0.2) is 0 Å². The number of fused-ring (bicyclic) bond motifs is 1. The second kappa shape index (κ2) is 9.03. The fourth-order valence-corrected chi connectivity index (χ4v) is 4.23. The molecule has 0 saturated carbocycles. The molecule has 0 radical (unpaired) electrons. The van der Waals surface area contributed by atoms with Gasteiger partial charge in [0.05, 0.1) is 31.7 Å². The van der Waals surface area contributed by atoms with Crippen molar-refractivity contribution in [3.05, 3.63) is 82.7 Å². The van der Waals surface area contributed by atoms with Crippen molar-refractivity contribution >= 4 is 39.6 Å². The summed E-state index contributed by atoms with van der Waals surface area (Å²) in [4.78, 5) is 58.9. The Labute approximate surface area is 200 Å². The zero-order valence-electron chi connectivity index (χ0n) is 18.6. The third kappa shape index (κ3) is 4.18. The number of carboxylic acid groups (broad SMARTS) is 1. The molecule has 1 saturated heterocycles. The summed E-state index contributed by atoms with van der Waals surface area (Å²) in [5, 5.41) is 47.3. The fourth-order valence-electron chi connectivity index (χ4n) is 4.23. The van der Waals surface area contributed by atoms with E-state index in [4.69, 9.17) is 0 Å². The van der Waals surface area contributed by atoms with Crippen LogP contribution in [-0.4, -0.2) is 56.1 Å². The summed E-state index contributed by atoms with van der Waals surface area (Å²) in [6.45, 7) is 3.19. The molecule has 0 unspecified atom stereocenters. The van der Waals surface area contributed by atoms with Gasteiger partial charge in [-0.25, -0.2) is 4.79 Å². The van der Waals surface area contributed by atoms with Gasteiger partial charge >= 0.3 is 5.97 Å². The van der Waals surface area contributed by atoms with Crippen molar-refractivity contribution in [1.82, 2.24) is 9.88 Å². The lowest BCUT2D eigenvalue weighted by Crippen LogP contribution is -2.49. The predicted octanol–water partition coefficient (Wildman–Crippen LogP) is 2.21. The van der Waals surface area contributed by atoms with Crippen molar-refractivity contribution in [2.24, 2.45) is 0 Å². The second-order valence-corrected chi connectivity index (χ2v) is 8.15. The highest BCUT2D eigenvalue weighted by molar-refractivity contribution is 5.96. The van der Waals surface area contributed by atoms with Crippen molar-refractivity contribution in [2.45, 2.75) is 13.0 Å². The van der Waals surface area contributed by atoms with E-state index in [0.717, 1.165) is 29.0 Å². The molecule has 3 aromatic rings. The van der Waals surface area contributed by atoms with Crippen LogP contribution in [0.15, 0.2) is 41.3 Å². The molecule has 15 heteroatoms. The Bertz CT molecular complexity index is 1520. The summed E-state index contributed by atoms with van der Waals surface area (Å²) < 4.78 is 1.04. The molecular weight excluding hydrogens is 480 g/mol. The van der Waals surface area contributed by atoms with Gasteiger partial charge in [-0.2, -0.15) is 0 Å². The van der Waals surface area contributed by atoms with Gasteiger partial charge in [-0.15, -0.1) is 0 Å². The molecule has 0 spiro atoms. The number of aromatic carboxylic acids is 1. The molecule has 0 bridgehead atoms. The van der Waals surface area contributed by atoms with Gasteiger partial charge in [0, 0.05) is 44.0 Å². The highest BCUT2D eigenvalue weighted by atomic mass is 16.6. The topological polar surface area (TPSA) is 204 Å². The molecule has 0 aliphatic carbocycles. The number of nitrogens with zero attached hydrogens (tertiary/aromatic N) is 5. The quantitative estimate of drug-likeness (QED) is 0.372. The molecule has 1 aliphatic rings. The lowest BCUT2D eigenvalue weighted by Gasteiger charge is -2.33. The number of aromatic nitrogens is 1. The minimum Gasteiger partial charge on any atom is -0.477 e. The average molecular weight is 498 g/mol. The lowest BCUT2D eigenvalue weighted by molar-refractivity contribution is -0.394. The van der Waals surface area contributed by atoms with E-state index >= 15 is 0 Å². The van der Waals surface area contributed by atoms with Gasteiger partial charge in [-0.3, -0.25) is 35.1 Å². The number of hydrogen-bond acceptors (Lipinski definition) is 10. The third-order valence-electron chi connectivity index (χ3n) is 5.86. The number of carboxylic acids is 1. The number of rotatable bonds is 6. The third-order valence-corrected chi connectivity index (χ3v) is 5.86. The van der Waals surface area contributed by atoms with E-state index in [1.165, 1.54) is 6.07 Å². The molecule has 15 nitrogen and oxygen atoms in total. The smallest absolute Gasteiger partial charge is 0.341 e. The van der Waals surface area contributed by atoms with Gasteiger partial charge in [0.1, 0.15) is 16.9 Å². The maximum atomic E-state index is 13.0. The Morgan fingerprint density at radius 3 is 2.28 bits per heavy atom. The van der Waals surface area contributed by atoms with Gasteiger partial charge in [0.2, 0.25) is 5.43 Å². The number of nitrogens with one attached hydrogen (secondary N) is 1. The first-order valence-corrected chi connectivity index (χ1v) is 10.5. The molecule has 1 fully saturated rings. The number of pyridine rings is 1. The van der Waals surface area contributed by atoms with E-state index in [2.05, 4.69) is 5.32 Å². The van der Waals surface area contributed by atoms with Crippen LogP contribution in [0.25, 0.3) is 16.6 Å². The maximum absolute atomic E-state index is 13.0. The molecule has 1 aromatic heterocycles. The van der Waals surface area contributed by atoms with E-state index in [1.54, 1.807) is 4.90 Å². The zero-order valence-corrected chi connectivity index (χ0v) is 18.6. The summed E-state index contributed by atoms with van der Waals surface area (Å²) in [7, 11) is 0. The van der Waals surface area contributed by atoms with Crippen molar-refractivity contribution in [1.29, 1.82) is 0 Å². The van der Waals surface area contributed by atoms with E-state index in [1.807, 2.05) is 6.92 Å². The second-order valence-electron chi connectivity index (χ2n) is 8.15. The maximum Gasteiger partial charge on any atom is 0.341 e. The predicted molar refractivity (Wildman–Crippen MR) is 126 cm³/mol. The Morgan fingerprint density at radius 1 is 1.03 bits per heavy atom. The normalized spacial score (nSPS) is 15.6. The van der Waals surface area contributed by atoms with E-state index in [0.29, 0.717) is 25.7 Å². The Morgan fingerprint density at radius 2 is 1.69 bits per heavy atom. The van der Waals surface area contributed by atoms with Crippen LogP contribution in [0.2, 0.25) is 0 Å². The summed E-state index contributed by atoms with van der Waals surface area (Å²) in [6.07, 6.45) is 0.872. The van der Waals surface area contributed by atoms with Gasteiger partial charge < -0.3 is 19.9 Å². The monoisotopic (exact) mass is 498 g/mol. The molecule has 2 N–H and O–H groups in total. The highest BCUT2D eigenvalue weighted by Crippen LogP contribution is 2.36. The molecular formula is C21H18N6O9. The first-order valence-electron chi connectivity index (χ1n) is 10.5. The van der Waals surface area contributed by atoms with Crippen LogP contribution in [0.1, 0.15) is 17.3 Å². The van der Waals surface area contributed by atoms with Crippen molar-refractivity contribution < 1.29 is 24.7 Å².